The smallest absolute Gasteiger partial charge is 0.252 e. The average Bonchev–Trinajstić information content (AvgIpc) is 2.51. The van der Waals surface area contributed by atoms with Crippen LogP contribution in [0.1, 0.15) is 16.8 Å². The van der Waals surface area contributed by atoms with E-state index in [1.54, 1.807) is 36.4 Å². The second-order valence-electron chi connectivity index (χ2n) is 4.51. The fraction of sp³-hybridized carbons (Fsp3) is 0.188. The Labute approximate surface area is 147 Å². The Morgan fingerprint density at radius 2 is 2.05 bits per heavy atom. The summed E-state index contributed by atoms with van der Waals surface area (Å²) in [6.07, 6.45) is 0.581. The molecule has 0 unspecified atom stereocenters. The maximum Gasteiger partial charge on any atom is 0.252 e. The molecule has 0 heterocycles. The van der Waals surface area contributed by atoms with Gasteiger partial charge in [-0.3, -0.25) is 4.79 Å². The molecule has 2 aromatic rings. The average molecular weight is 434 g/mol. The van der Waals surface area contributed by atoms with Crippen LogP contribution in [0.5, 0.6) is 5.75 Å². The predicted molar refractivity (Wildman–Crippen MR) is 93.0 cm³/mol. The second kappa shape index (κ2) is 8.33. The molecule has 2 rings (SSSR count). The maximum atomic E-state index is 13.3. The van der Waals surface area contributed by atoms with Gasteiger partial charge >= 0.3 is 0 Å². The number of carbonyl (C=O) groups excluding carboxylic acids is 1. The lowest BCUT2D eigenvalue weighted by Crippen LogP contribution is -2.26. The third-order valence-electron chi connectivity index (χ3n) is 2.87. The van der Waals surface area contributed by atoms with E-state index >= 15 is 0 Å². The molecule has 1 amide bonds. The lowest BCUT2D eigenvalue weighted by Gasteiger charge is -2.09. The highest BCUT2D eigenvalue weighted by Gasteiger charge is 2.10. The summed E-state index contributed by atoms with van der Waals surface area (Å²) in [6.45, 7) is 0.768. The molecule has 0 aliphatic heterocycles. The quantitative estimate of drug-likeness (QED) is 0.545. The number of hydrogen-bond donors (Lipinski definition) is 1. The Kier molecular flexibility index (Phi) is 6.45. The van der Waals surface area contributed by atoms with Gasteiger partial charge in [-0.25, -0.2) is 4.39 Å². The molecule has 0 spiro atoms. The molecule has 116 valence electrons. The third kappa shape index (κ3) is 4.84. The Morgan fingerprint density at radius 1 is 1.27 bits per heavy atom. The van der Waals surface area contributed by atoms with Crippen LogP contribution in [0.15, 0.2) is 42.5 Å². The molecule has 0 saturated carbocycles. The van der Waals surface area contributed by atoms with E-state index in [4.69, 9.17) is 16.3 Å². The van der Waals surface area contributed by atoms with Crippen molar-refractivity contribution in [3.8, 4) is 5.75 Å². The van der Waals surface area contributed by atoms with Gasteiger partial charge in [0.1, 0.15) is 0 Å². The normalized spacial score (nSPS) is 10.3. The van der Waals surface area contributed by atoms with Crippen LogP contribution in [-0.2, 0) is 0 Å². The standard InChI is InChI=1S/C16H14ClFINO2/c17-11-6-7-14(19)12(10-11)16(21)20-8-3-9-22-15-5-2-1-4-13(15)18/h1-2,4-7,10H,3,8-9H2,(H,20,21). The number of rotatable bonds is 6. The minimum absolute atomic E-state index is 0.183. The first kappa shape index (κ1) is 17.0. The highest BCUT2D eigenvalue weighted by molar-refractivity contribution is 14.1. The SMILES string of the molecule is O=C(NCCCOc1ccccc1F)c1cc(Cl)ccc1I. The minimum atomic E-state index is -0.389. The highest BCUT2D eigenvalue weighted by Crippen LogP contribution is 2.18. The van der Waals surface area contributed by atoms with Gasteiger partial charge in [-0.1, -0.05) is 23.7 Å². The number of halogens is 3. The third-order valence-corrected chi connectivity index (χ3v) is 4.05. The van der Waals surface area contributed by atoms with Gasteiger partial charge in [-0.2, -0.15) is 0 Å². The topological polar surface area (TPSA) is 38.3 Å². The molecule has 0 aliphatic carbocycles. The summed E-state index contributed by atoms with van der Waals surface area (Å²) in [5.74, 6) is -0.351. The molecule has 0 fully saturated rings. The van der Waals surface area contributed by atoms with Gasteiger partial charge in [0.2, 0.25) is 0 Å². The number of amides is 1. The molecule has 6 heteroatoms. The fourth-order valence-electron chi connectivity index (χ4n) is 1.78. The number of nitrogens with one attached hydrogen (secondary N) is 1. The van der Waals surface area contributed by atoms with E-state index in [1.165, 1.54) is 6.07 Å². The molecular weight excluding hydrogens is 420 g/mol. The number of hydrogen-bond acceptors (Lipinski definition) is 2. The molecule has 0 saturated heterocycles. The van der Waals surface area contributed by atoms with Gasteiger partial charge in [0.25, 0.3) is 5.91 Å². The highest BCUT2D eigenvalue weighted by atomic mass is 127. The molecule has 2 aromatic carbocycles. The largest absolute Gasteiger partial charge is 0.490 e. The number of carbonyl (C=O) groups is 1. The van der Waals surface area contributed by atoms with Crippen LogP contribution in [-0.4, -0.2) is 19.1 Å². The van der Waals surface area contributed by atoms with E-state index in [9.17, 15) is 9.18 Å². The minimum Gasteiger partial charge on any atom is -0.490 e. The molecule has 0 radical (unpaired) electrons. The monoisotopic (exact) mass is 433 g/mol. The van der Waals surface area contributed by atoms with Gasteiger partial charge in [0.15, 0.2) is 11.6 Å². The Balaban J connectivity index is 1.76. The van der Waals surface area contributed by atoms with E-state index in [0.717, 1.165) is 3.57 Å². The number of benzene rings is 2. The number of ether oxygens (including phenoxy) is 1. The molecule has 22 heavy (non-hydrogen) atoms. The van der Waals surface area contributed by atoms with Crippen molar-refractivity contribution in [2.75, 3.05) is 13.2 Å². The Morgan fingerprint density at radius 3 is 2.82 bits per heavy atom. The summed E-state index contributed by atoms with van der Waals surface area (Å²) in [6, 6.07) is 11.4. The van der Waals surface area contributed by atoms with Gasteiger partial charge in [-0.05, 0) is 59.3 Å². The first-order valence-corrected chi connectivity index (χ1v) is 8.14. The fourth-order valence-corrected chi connectivity index (χ4v) is 2.54. The van der Waals surface area contributed by atoms with E-state index in [2.05, 4.69) is 27.9 Å². The van der Waals surface area contributed by atoms with Crippen LogP contribution in [0.25, 0.3) is 0 Å². The summed E-state index contributed by atoms with van der Waals surface area (Å²) in [5.41, 5.74) is 0.545. The zero-order valence-electron chi connectivity index (χ0n) is 11.6. The molecule has 0 aromatic heterocycles. The number of para-hydroxylation sites is 1. The van der Waals surface area contributed by atoms with Crippen LogP contribution in [0.4, 0.5) is 4.39 Å². The van der Waals surface area contributed by atoms with Crippen molar-refractivity contribution in [3.05, 3.63) is 62.4 Å². The van der Waals surface area contributed by atoms with E-state index in [0.29, 0.717) is 30.2 Å². The molecule has 0 atom stereocenters. The summed E-state index contributed by atoms with van der Waals surface area (Å²) < 4.78 is 19.5. The lowest BCUT2D eigenvalue weighted by molar-refractivity contribution is 0.0950. The molecular formula is C16H14ClFINO2. The molecule has 0 aliphatic rings. The van der Waals surface area contributed by atoms with Crippen molar-refractivity contribution in [2.24, 2.45) is 0 Å². The van der Waals surface area contributed by atoms with Crippen molar-refractivity contribution in [1.29, 1.82) is 0 Å². The van der Waals surface area contributed by atoms with Crippen molar-refractivity contribution in [3.63, 3.8) is 0 Å². The van der Waals surface area contributed by atoms with E-state index in [-0.39, 0.29) is 17.5 Å². The van der Waals surface area contributed by atoms with Crippen LogP contribution < -0.4 is 10.1 Å². The van der Waals surface area contributed by atoms with Crippen LogP contribution in [0, 0.1) is 9.39 Å². The zero-order chi connectivity index (χ0) is 15.9. The lowest BCUT2D eigenvalue weighted by atomic mass is 10.2. The Hall–Kier alpha value is -1.34. The van der Waals surface area contributed by atoms with E-state index in [1.807, 2.05) is 0 Å². The first-order chi connectivity index (χ1) is 10.6. The van der Waals surface area contributed by atoms with Crippen LogP contribution >= 0.6 is 34.2 Å². The zero-order valence-corrected chi connectivity index (χ0v) is 14.5. The summed E-state index contributed by atoms with van der Waals surface area (Å²) in [4.78, 5) is 12.0. The molecule has 3 nitrogen and oxygen atoms in total. The van der Waals surface area contributed by atoms with Crippen molar-refractivity contribution < 1.29 is 13.9 Å². The van der Waals surface area contributed by atoms with E-state index < -0.39 is 0 Å². The summed E-state index contributed by atoms with van der Waals surface area (Å²) in [7, 11) is 0. The van der Waals surface area contributed by atoms with Crippen LogP contribution in [0.2, 0.25) is 5.02 Å². The van der Waals surface area contributed by atoms with Crippen LogP contribution in [0.3, 0.4) is 0 Å². The van der Waals surface area contributed by atoms with Crippen molar-refractivity contribution in [2.45, 2.75) is 6.42 Å². The summed E-state index contributed by atoms with van der Waals surface area (Å²) >= 11 is 7.97. The summed E-state index contributed by atoms with van der Waals surface area (Å²) in [5, 5.41) is 3.31. The second-order valence-corrected chi connectivity index (χ2v) is 6.11. The van der Waals surface area contributed by atoms with Crippen molar-refractivity contribution >= 4 is 40.1 Å². The molecule has 0 bridgehead atoms. The van der Waals surface area contributed by atoms with Gasteiger partial charge in [0.05, 0.1) is 12.2 Å². The van der Waals surface area contributed by atoms with Gasteiger partial charge in [0, 0.05) is 15.1 Å². The Bertz CT molecular complexity index is 666. The van der Waals surface area contributed by atoms with Crippen molar-refractivity contribution in [1.82, 2.24) is 5.32 Å². The first-order valence-electron chi connectivity index (χ1n) is 6.68. The van der Waals surface area contributed by atoms with Gasteiger partial charge in [-0.15, -0.1) is 0 Å². The molecule has 1 N–H and O–H groups in total. The predicted octanol–water partition coefficient (Wildman–Crippen LogP) is 4.28. The van der Waals surface area contributed by atoms with Gasteiger partial charge < -0.3 is 10.1 Å². The maximum absolute atomic E-state index is 13.3.